The standard InChI is InChI=1S/C8H5BrN2O2.H2O/c9-4-1-2-5-6(3-4)11-7(10-5)8(12)13;/h1-3H,(H,10,11)(H,12,13);1H2. The molecule has 74 valence electrons. The van der Waals surface area contributed by atoms with Crippen LogP contribution in [0.1, 0.15) is 10.6 Å². The Kier molecular flexibility index (Phi) is 2.87. The molecule has 0 saturated heterocycles. The van der Waals surface area contributed by atoms with Gasteiger partial charge < -0.3 is 15.6 Å². The lowest BCUT2D eigenvalue weighted by molar-refractivity contribution is 0.0685. The summed E-state index contributed by atoms with van der Waals surface area (Å²) in [6.07, 6.45) is 0. The molecule has 0 aliphatic rings. The molecule has 0 atom stereocenters. The van der Waals surface area contributed by atoms with Crippen LogP contribution in [0.4, 0.5) is 0 Å². The minimum atomic E-state index is -1.05. The van der Waals surface area contributed by atoms with Crippen LogP contribution in [-0.2, 0) is 0 Å². The van der Waals surface area contributed by atoms with Gasteiger partial charge >= 0.3 is 5.97 Å². The molecule has 4 N–H and O–H groups in total. The minimum Gasteiger partial charge on any atom is -0.475 e. The van der Waals surface area contributed by atoms with E-state index in [2.05, 4.69) is 25.9 Å². The second kappa shape index (κ2) is 3.77. The maximum atomic E-state index is 10.6. The molecular formula is C8H7BrN2O3. The van der Waals surface area contributed by atoms with Crippen molar-refractivity contribution >= 4 is 32.9 Å². The van der Waals surface area contributed by atoms with Crippen molar-refractivity contribution < 1.29 is 15.4 Å². The van der Waals surface area contributed by atoms with Crippen LogP contribution < -0.4 is 0 Å². The van der Waals surface area contributed by atoms with Crippen LogP contribution in [-0.4, -0.2) is 26.5 Å². The molecule has 0 bridgehead atoms. The number of fused-ring (bicyclic) bond motifs is 1. The van der Waals surface area contributed by atoms with Gasteiger partial charge in [-0.05, 0) is 18.2 Å². The predicted molar refractivity (Wildman–Crippen MR) is 54.4 cm³/mol. The quantitative estimate of drug-likeness (QED) is 0.804. The summed E-state index contributed by atoms with van der Waals surface area (Å²) in [5.74, 6) is -1.08. The van der Waals surface area contributed by atoms with Gasteiger partial charge in [0.05, 0.1) is 11.0 Å². The number of nitrogens with zero attached hydrogens (tertiary/aromatic N) is 1. The molecule has 0 amide bonds. The van der Waals surface area contributed by atoms with Crippen molar-refractivity contribution in [2.24, 2.45) is 0 Å². The zero-order chi connectivity index (χ0) is 9.42. The average molecular weight is 259 g/mol. The van der Waals surface area contributed by atoms with Crippen LogP contribution in [0.15, 0.2) is 22.7 Å². The molecule has 0 unspecified atom stereocenters. The van der Waals surface area contributed by atoms with Crippen molar-refractivity contribution in [2.75, 3.05) is 0 Å². The summed E-state index contributed by atoms with van der Waals surface area (Å²) >= 11 is 3.28. The van der Waals surface area contributed by atoms with E-state index in [4.69, 9.17) is 5.11 Å². The molecule has 0 fully saturated rings. The van der Waals surface area contributed by atoms with Gasteiger partial charge in [-0.25, -0.2) is 9.78 Å². The number of carboxylic acid groups (broad SMARTS) is 1. The highest BCUT2D eigenvalue weighted by atomic mass is 79.9. The number of imidazole rings is 1. The smallest absolute Gasteiger partial charge is 0.371 e. The van der Waals surface area contributed by atoms with E-state index in [9.17, 15) is 4.79 Å². The van der Waals surface area contributed by atoms with Crippen molar-refractivity contribution in [3.05, 3.63) is 28.5 Å². The first-order valence-electron chi connectivity index (χ1n) is 3.55. The summed E-state index contributed by atoms with van der Waals surface area (Å²) in [6, 6.07) is 5.35. The van der Waals surface area contributed by atoms with Crippen LogP contribution in [0, 0.1) is 0 Å². The van der Waals surface area contributed by atoms with Crippen molar-refractivity contribution in [1.82, 2.24) is 9.97 Å². The molecule has 1 heterocycles. The molecule has 0 aliphatic carbocycles. The number of aromatic amines is 1. The van der Waals surface area contributed by atoms with E-state index in [1.807, 2.05) is 6.07 Å². The number of carbonyl (C=O) groups is 1. The largest absolute Gasteiger partial charge is 0.475 e. The topological polar surface area (TPSA) is 97.5 Å². The first-order valence-corrected chi connectivity index (χ1v) is 4.34. The van der Waals surface area contributed by atoms with Crippen LogP contribution in [0.25, 0.3) is 11.0 Å². The number of nitrogens with one attached hydrogen (secondary N) is 1. The van der Waals surface area contributed by atoms with E-state index in [0.29, 0.717) is 11.0 Å². The summed E-state index contributed by atoms with van der Waals surface area (Å²) in [4.78, 5) is 17.1. The third-order valence-electron chi connectivity index (χ3n) is 1.65. The monoisotopic (exact) mass is 258 g/mol. The first-order chi connectivity index (χ1) is 6.16. The van der Waals surface area contributed by atoms with Gasteiger partial charge in [-0.15, -0.1) is 0 Å². The average Bonchev–Trinajstić information content (AvgIpc) is 2.46. The van der Waals surface area contributed by atoms with Crippen molar-refractivity contribution in [1.29, 1.82) is 0 Å². The first kappa shape index (κ1) is 10.7. The number of halogens is 1. The number of aromatic nitrogens is 2. The Morgan fingerprint density at radius 1 is 1.50 bits per heavy atom. The third kappa shape index (κ3) is 1.75. The maximum Gasteiger partial charge on any atom is 0.371 e. The number of benzene rings is 1. The summed E-state index contributed by atoms with van der Waals surface area (Å²) in [5, 5.41) is 8.65. The SMILES string of the molecule is O.O=C(O)c1nc2ccc(Br)cc2[nH]1. The molecule has 6 heteroatoms. The van der Waals surface area contributed by atoms with Crippen molar-refractivity contribution in [3.8, 4) is 0 Å². The molecule has 2 rings (SSSR count). The Labute approximate surface area is 87.2 Å². The van der Waals surface area contributed by atoms with E-state index in [1.165, 1.54) is 0 Å². The van der Waals surface area contributed by atoms with E-state index in [-0.39, 0.29) is 11.3 Å². The summed E-state index contributed by atoms with van der Waals surface area (Å²) in [7, 11) is 0. The van der Waals surface area contributed by atoms with E-state index in [1.54, 1.807) is 12.1 Å². The van der Waals surface area contributed by atoms with E-state index in [0.717, 1.165) is 4.47 Å². The molecule has 0 saturated carbocycles. The molecule has 5 nitrogen and oxygen atoms in total. The van der Waals surface area contributed by atoms with Gasteiger partial charge in [0.15, 0.2) is 0 Å². The molecule has 2 aromatic rings. The molecular weight excluding hydrogens is 252 g/mol. The van der Waals surface area contributed by atoms with Gasteiger partial charge in [0.2, 0.25) is 5.82 Å². The van der Waals surface area contributed by atoms with Gasteiger partial charge in [-0.1, -0.05) is 15.9 Å². The van der Waals surface area contributed by atoms with Gasteiger partial charge in [-0.3, -0.25) is 0 Å². The highest BCUT2D eigenvalue weighted by Gasteiger charge is 2.08. The molecule has 1 aromatic heterocycles. The lowest BCUT2D eigenvalue weighted by atomic mass is 10.3. The Balaban J connectivity index is 0.000000980. The predicted octanol–water partition coefficient (Wildman–Crippen LogP) is 1.20. The Morgan fingerprint density at radius 3 is 2.86 bits per heavy atom. The van der Waals surface area contributed by atoms with Crippen LogP contribution >= 0.6 is 15.9 Å². The number of carboxylic acids is 1. The van der Waals surface area contributed by atoms with Crippen LogP contribution in [0.3, 0.4) is 0 Å². The number of H-pyrrole nitrogens is 1. The molecule has 14 heavy (non-hydrogen) atoms. The van der Waals surface area contributed by atoms with Gasteiger partial charge in [0.1, 0.15) is 0 Å². The fourth-order valence-electron chi connectivity index (χ4n) is 1.08. The fraction of sp³-hybridized carbons (Fsp3) is 0. The number of hydrogen-bond donors (Lipinski definition) is 2. The van der Waals surface area contributed by atoms with Crippen LogP contribution in [0.2, 0.25) is 0 Å². The highest BCUT2D eigenvalue weighted by molar-refractivity contribution is 9.10. The lowest BCUT2D eigenvalue weighted by Crippen LogP contribution is -1.97. The third-order valence-corrected chi connectivity index (χ3v) is 2.14. The summed E-state index contributed by atoms with van der Waals surface area (Å²) < 4.78 is 0.889. The Hall–Kier alpha value is -1.40. The highest BCUT2D eigenvalue weighted by Crippen LogP contribution is 2.17. The number of rotatable bonds is 1. The number of aromatic carboxylic acids is 1. The van der Waals surface area contributed by atoms with Gasteiger partial charge in [0.25, 0.3) is 0 Å². The zero-order valence-electron chi connectivity index (χ0n) is 6.91. The minimum absolute atomic E-state index is 0. The van der Waals surface area contributed by atoms with Crippen molar-refractivity contribution in [2.45, 2.75) is 0 Å². The fourth-order valence-corrected chi connectivity index (χ4v) is 1.44. The molecule has 0 radical (unpaired) electrons. The lowest BCUT2D eigenvalue weighted by Gasteiger charge is -1.87. The maximum absolute atomic E-state index is 10.6. The second-order valence-electron chi connectivity index (χ2n) is 2.55. The normalized spacial score (nSPS) is 9.79. The van der Waals surface area contributed by atoms with Crippen LogP contribution in [0.5, 0.6) is 0 Å². The second-order valence-corrected chi connectivity index (χ2v) is 3.47. The molecule has 0 aliphatic heterocycles. The summed E-state index contributed by atoms with van der Waals surface area (Å²) in [6.45, 7) is 0. The Bertz CT molecular complexity index is 480. The number of hydrogen-bond acceptors (Lipinski definition) is 2. The van der Waals surface area contributed by atoms with Gasteiger partial charge in [0, 0.05) is 4.47 Å². The summed E-state index contributed by atoms with van der Waals surface area (Å²) in [5.41, 5.74) is 1.37. The van der Waals surface area contributed by atoms with E-state index >= 15 is 0 Å². The molecule has 1 aromatic carbocycles. The van der Waals surface area contributed by atoms with E-state index < -0.39 is 5.97 Å². The van der Waals surface area contributed by atoms with Crippen molar-refractivity contribution in [3.63, 3.8) is 0 Å². The Morgan fingerprint density at radius 2 is 2.21 bits per heavy atom. The van der Waals surface area contributed by atoms with Gasteiger partial charge in [-0.2, -0.15) is 0 Å². The molecule has 0 spiro atoms. The zero-order valence-corrected chi connectivity index (χ0v) is 8.50.